The first kappa shape index (κ1) is 21.2. The summed E-state index contributed by atoms with van der Waals surface area (Å²) < 4.78 is 0. The van der Waals surface area contributed by atoms with Crippen molar-refractivity contribution >= 4 is 0 Å². The highest BCUT2D eigenvalue weighted by molar-refractivity contribution is 5.04. The van der Waals surface area contributed by atoms with Crippen LogP contribution in [-0.2, 0) is 0 Å². The Morgan fingerprint density at radius 1 is 0.840 bits per heavy atom. The zero-order chi connectivity index (χ0) is 19.1. The third kappa shape index (κ3) is 5.96. The predicted molar refractivity (Wildman–Crippen MR) is 111 cm³/mol. The molecule has 2 nitrogen and oxygen atoms in total. The minimum Gasteiger partial charge on any atom is -0.307 e. The lowest BCUT2D eigenvalue weighted by Gasteiger charge is -2.35. The third-order valence-electron chi connectivity index (χ3n) is 6.93. The fraction of sp³-hybridized carbons (Fsp3) is 1.00. The fourth-order valence-corrected chi connectivity index (χ4v) is 6.33. The largest absolute Gasteiger partial charge is 0.307 e. The number of nitrogens with one attached hydrogen (secondary N) is 2. The molecule has 2 N–H and O–H groups in total. The molecule has 25 heavy (non-hydrogen) atoms. The van der Waals surface area contributed by atoms with Crippen molar-refractivity contribution < 1.29 is 0 Å². The summed E-state index contributed by atoms with van der Waals surface area (Å²) >= 11 is 0. The molecule has 3 atom stereocenters. The maximum absolute atomic E-state index is 3.88. The lowest BCUT2D eigenvalue weighted by Crippen LogP contribution is -2.50. The van der Waals surface area contributed by atoms with Crippen LogP contribution in [0.25, 0.3) is 0 Å². The van der Waals surface area contributed by atoms with E-state index in [0.717, 1.165) is 17.8 Å². The van der Waals surface area contributed by atoms with Gasteiger partial charge >= 0.3 is 0 Å². The van der Waals surface area contributed by atoms with Gasteiger partial charge in [-0.15, -0.1) is 0 Å². The second-order valence-corrected chi connectivity index (χ2v) is 12.0. The molecule has 0 radical (unpaired) electrons. The van der Waals surface area contributed by atoms with E-state index in [-0.39, 0.29) is 16.6 Å². The van der Waals surface area contributed by atoms with Crippen LogP contribution in [0.4, 0.5) is 0 Å². The molecule has 2 aliphatic rings. The first-order valence-electron chi connectivity index (χ1n) is 10.8. The number of rotatable bonds is 5. The first-order valence-corrected chi connectivity index (χ1v) is 10.8. The molecule has 0 bridgehead atoms. The van der Waals surface area contributed by atoms with Crippen LogP contribution in [0.5, 0.6) is 0 Å². The van der Waals surface area contributed by atoms with E-state index in [4.69, 9.17) is 0 Å². The molecule has 0 spiro atoms. The highest BCUT2D eigenvalue weighted by atomic mass is 15.1. The van der Waals surface area contributed by atoms with Gasteiger partial charge in [0.1, 0.15) is 0 Å². The van der Waals surface area contributed by atoms with Crippen LogP contribution >= 0.6 is 0 Å². The highest BCUT2D eigenvalue weighted by Gasteiger charge is 2.45. The monoisotopic (exact) mass is 350 g/mol. The van der Waals surface area contributed by atoms with E-state index in [1.54, 1.807) is 0 Å². The van der Waals surface area contributed by atoms with Crippen LogP contribution in [0.1, 0.15) is 107 Å². The van der Waals surface area contributed by atoms with E-state index >= 15 is 0 Å². The summed E-state index contributed by atoms with van der Waals surface area (Å²) in [4.78, 5) is 0. The molecule has 0 saturated carbocycles. The lowest BCUT2D eigenvalue weighted by atomic mass is 9.75. The van der Waals surface area contributed by atoms with Crippen molar-refractivity contribution in [3.05, 3.63) is 0 Å². The van der Waals surface area contributed by atoms with Gasteiger partial charge in [0.2, 0.25) is 0 Å². The molecule has 2 aliphatic heterocycles. The van der Waals surface area contributed by atoms with Crippen molar-refractivity contribution in [1.29, 1.82) is 0 Å². The Bertz CT molecular complexity index is 445. The van der Waals surface area contributed by atoms with E-state index in [1.165, 1.54) is 44.9 Å². The molecular weight excluding hydrogens is 304 g/mol. The SMILES string of the molecule is CC(CCCC1CCC(C)(C)NC(C)(C)C1)C1CC(C)(C)NC1(C)C. The summed E-state index contributed by atoms with van der Waals surface area (Å²) in [6, 6.07) is 0. The van der Waals surface area contributed by atoms with Gasteiger partial charge in [0.25, 0.3) is 0 Å². The van der Waals surface area contributed by atoms with Gasteiger partial charge in [-0.2, -0.15) is 0 Å². The van der Waals surface area contributed by atoms with Crippen LogP contribution in [0.2, 0.25) is 0 Å². The Hall–Kier alpha value is -0.0800. The summed E-state index contributed by atoms with van der Waals surface area (Å²) in [6.45, 7) is 21.6. The molecule has 2 saturated heterocycles. The normalized spacial score (nSPS) is 34.4. The van der Waals surface area contributed by atoms with Crippen LogP contribution in [0, 0.1) is 17.8 Å². The van der Waals surface area contributed by atoms with Gasteiger partial charge in [0.15, 0.2) is 0 Å². The maximum Gasteiger partial charge on any atom is 0.0161 e. The molecule has 2 heteroatoms. The summed E-state index contributed by atoms with van der Waals surface area (Å²) in [5.74, 6) is 2.51. The fourth-order valence-electron chi connectivity index (χ4n) is 6.33. The van der Waals surface area contributed by atoms with Crippen molar-refractivity contribution in [2.75, 3.05) is 0 Å². The van der Waals surface area contributed by atoms with Crippen LogP contribution in [0.15, 0.2) is 0 Å². The van der Waals surface area contributed by atoms with Crippen molar-refractivity contribution in [3.63, 3.8) is 0 Å². The standard InChI is InChI=1S/C23H46N2/c1-17(19-16-22(6,7)25-23(19,8)9)11-10-12-18-13-14-20(2,3)24-21(4,5)15-18/h17-19,24-25H,10-16H2,1-9H3. The molecule has 0 aromatic rings. The second-order valence-electron chi connectivity index (χ2n) is 12.0. The Kier molecular flexibility index (Phi) is 6.07. The minimum absolute atomic E-state index is 0.275. The summed E-state index contributed by atoms with van der Waals surface area (Å²) in [5.41, 5.74) is 1.14. The lowest BCUT2D eigenvalue weighted by molar-refractivity contribution is 0.224. The van der Waals surface area contributed by atoms with Crippen LogP contribution < -0.4 is 10.6 Å². The molecule has 0 aromatic carbocycles. The summed E-state index contributed by atoms with van der Waals surface area (Å²) in [5, 5.41) is 7.74. The Balaban J connectivity index is 1.84. The Morgan fingerprint density at radius 2 is 1.44 bits per heavy atom. The summed E-state index contributed by atoms with van der Waals surface area (Å²) in [6.07, 6.45) is 9.54. The van der Waals surface area contributed by atoms with Crippen molar-refractivity contribution in [2.24, 2.45) is 17.8 Å². The van der Waals surface area contributed by atoms with Crippen molar-refractivity contribution in [3.8, 4) is 0 Å². The molecule has 2 heterocycles. The molecule has 0 aliphatic carbocycles. The predicted octanol–water partition coefficient (Wildman–Crippen LogP) is 5.91. The molecule has 2 rings (SSSR count). The number of hydrogen-bond donors (Lipinski definition) is 2. The van der Waals surface area contributed by atoms with Gasteiger partial charge in [-0.25, -0.2) is 0 Å². The molecule has 3 unspecified atom stereocenters. The zero-order valence-corrected chi connectivity index (χ0v) is 18.7. The van der Waals surface area contributed by atoms with Gasteiger partial charge in [0.05, 0.1) is 0 Å². The van der Waals surface area contributed by atoms with E-state index in [9.17, 15) is 0 Å². The topological polar surface area (TPSA) is 24.1 Å². The van der Waals surface area contributed by atoms with Crippen molar-refractivity contribution in [1.82, 2.24) is 10.6 Å². The third-order valence-corrected chi connectivity index (χ3v) is 6.93. The van der Waals surface area contributed by atoms with Crippen molar-refractivity contribution in [2.45, 2.75) is 129 Å². The highest BCUT2D eigenvalue weighted by Crippen LogP contribution is 2.42. The van der Waals surface area contributed by atoms with Gasteiger partial charge in [-0.3, -0.25) is 0 Å². The van der Waals surface area contributed by atoms with Crippen LogP contribution in [-0.4, -0.2) is 22.2 Å². The average molecular weight is 351 g/mol. The van der Waals surface area contributed by atoms with Gasteiger partial charge in [0, 0.05) is 22.2 Å². The molecule has 148 valence electrons. The smallest absolute Gasteiger partial charge is 0.0161 e. The van der Waals surface area contributed by atoms with Gasteiger partial charge in [-0.1, -0.05) is 26.2 Å². The molecule has 0 aromatic heterocycles. The second kappa shape index (κ2) is 7.15. The van der Waals surface area contributed by atoms with E-state index in [0.29, 0.717) is 5.54 Å². The minimum atomic E-state index is 0.275. The maximum atomic E-state index is 3.88. The average Bonchev–Trinajstić information content (AvgIpc) is 2.54. The van der Waals surface area contributed by atoms with E-state index < -0.39 is 0 Å². The van der Waals surface area contributed by atoms with E-state index in [2.05, 4.69) is 72.9 Å². The van der Waals surface area contributed by atoms with E-state index in [1.807, 2.05) is 0 Å². The van der Waals surface area contributed by atoms with Crippen LogP contribution in [0.3, 0.4) is 0 Å². The van der Waals surface area contributed by atoms with Gasteiger partial charge < -0.3 is 10.6 Å². The first-order chi connectivity index (χ1) is 11.2. The van der Waals surface area contributed by atoms with Gasteiger partial charge in [-0.05, 0) is 98.8 Å². The zero-order valence-electron chi connectivity index (χ0n) is 18.7. The quantitative estimate of drug-likeness (QED) is 0.644. The number of hydrogen-bond acceptors (Lipinski definition) is 2. The molecular formula is C23H46N2. The Labute approximate surface area is 158 Å². The molecule has 2 fully saturated rings. The summed E-state index contributed by atoms with van der Waals surface area (Å²) in [7, 11) is 0. The Morgan fingerprint density at radius 3 is 2.00 bits per heavy atom. The molecule has 0 amide bonds.